The van der Waals surface area contributed by atoms with Gasteiger partial charge < -0.3 is 15.0 Å². The molecule has 6 rings (SSSR count). The van der Waals surface area contributed by atoms with Crippen molar-refractivity contribution in [3.8, 4) is 44.5 Å². The molecular weight excluding hydrogens is 579 g/mol. The smallest absolute Gasteiger partial charge is 0.322 e. The summed E-state index contributed by atoms with van der Waals surface area (Å²) in [6, 6.07) is 12.2. The Hall–Kier alpha value is -5.42. The van der Waals surface area contributed by atoms with Crippen molar-refractivity contribution < 1.29 is 13.9 Å². The number of pyridine rings is 1. The van der Waals surface area contributed by atoms with Crippen LogP contribution in [0.1, 0.15) is 16.8 Å². The molecule has 11 heteroatoms. The third-order valence-corrected chi connectivity index (χ3v) is 8.38. The quantitative estimate of drug-likeness (QED) is 0.192. The van der Waals surface area contributed by atoms with Gasteiger partial charge in [0, 0.05) is 59.4 Å². The number of carbonyl (C=O) groups excluding carboxylic acids is 1. The minimum atomic E-state index is -0.622. The molecule has 4 aromatic heterocycles. The van der Waals surface area contributed by atoms with Crippen LogP contribution in [0, 0.1) is 19.7 Å². The largest absolute Gasteiger partial charge is 0.421 e. The van der Waals surface area contributed by atoms with Crippen molar-refractivity contribution >= 4 is 27.3 Å². The molecule has 0 bridgehead atoms. The fourth-order valence-corrected chi connectivity index (χ4v) is 6.47. The molecule has 2 aromatic carbocycles. The van der Waals surface area contributed by atoms with Gasteiger partial charge in [-0.25, -0.2) is 14.4 Å². The number of aromatic amines is 1. The topological polar surface area (TPSA) is 115 Å². The van der Waals surface area contributed by atoms with Crippen LogP contribution in [0.5, 0.6) is 11.8 Å². The highest BCUT2D eigenvalue weighted by molar-refractivity contribution is 7.23. The summed E-state index contributed by atoms with van der Waals surface area (Å²) in [6.07, 6.45) is 8.07. The predicted molar refractivity (Wildman–Crippen MR) is 169 cm³/mol. The number of aryl methyl sites for hydroxylation is 3. The zero-order valence-electron chi connectivity index (χ0n) is 24.1. The Morgan fingerprint density at radius 2 is 2.00 bits per heavy atom. The van der Waals surface area contributed by atoms with Gasteiger partial charge >= 0.3 is 6.01 Å². The fraction of sp³-hybridized carbons (Fsp3) is 0.121. The van der Waals surface area contributed by atoms with Crippen molar-refractivity contribution in [2.45, 2.75) is 20.4 Å². The highest BCUT2D eigenvalue weighted by Gasteiger charge is 2.24. The molecule has 0 atom stereocenters. The lowest BCUT2D eigenvalue weighted by Crippen LogP contribution is -2.19. The number of aromatic nitrogens is 5. The van der Waals surface area contributed by atoms with E-state index in [-0.39, 0.29) is 23.2 Å². The monoisotopic (exact) mass is 606 g/mol. The highest BCUT2D eigenvalue weighted by atomic mass is 32.1. The summed E-state index contributed by atoms with van der Waals surface area (Å²) in [5.74, 6) is -0.917. The first-order valence-corrected chi connectivity index (χ1v) is 14.5. The van der Waals surface area contributed by atoms with Crippen LogP contribution in [0.4, 0.5) is 4.39 Å². The van der Waals surface area contributed by atoms with Gasteiger partial charge in [-0.05, 0) is 60.4 Å². The number of hydrogen-bond donors (Lipinski definition) is 2. The molecule has 0 spiro atoms. The van der Waals surface area contributed by atoms with E-state index >= 15 is 4.39 Å². The molecular formula is C33H27FN6O3S. The van der Waals surface area contributed by atoms with Gasteiger partial charge in [0.2, 0.25) is 5.91 Å². The Bertz CT molecular complexity index is 2130. The lowest BCUT2D eigenvalue weighted by atomic mass is 9.95. The number of H-pyrrole nitrogens is 1. The molecule has 9 nitrogen and oxygen atoms in total. The Labute approximate surface area is 255 Å². The number of benzene rings is 2. The minimum absolute atomic E-state index is 0.0347. The zero-order valence-corrected chi connectivity index (χ0v) is 25.0. The van der Waals surface area contributed by atoms with E-state index in [0.717, 1.165) is 37.4 Å². The lowest BCUT2D eigenvalue weighted by molar-refractivity contribution is -0.116. The first-order chi connectivity index (χ1) is 21.2. The highest BCUT2D eigenvalue weighted by Crippen LogP contribution is 2.47. The molecule has 6 aromatic rings. The molecule has 0 unspecified atom stereocenters. The van der Waals surface area contributed by atoms with Crippen LogP contribution in [0.3, 0.4) is 0 Å². The van der Waals surface area contributed by atoms with Gasteiger partial charge in [-0.1, -0.05) is 30.8 Å². The number of carbonyl (C=O) groups is 1. The van der Waals surface area contributed by atoms with E-state index < -0.39 is 5.82 Å². The number of nitrogens with one attached hydrogen (secondary N) is 2. The third kappa shape index (κ3) is 5.52. The molecule has 0 saturated carbocycles. The van der Waals surface area contributed by atoms with Crippen molar-refractivity contribution in [2.24, 2.45) is 7.05 Å². The Balaban J connectivity index is 1.52. The van der Waals surface area contributed by atoms with Gasteiger partial charge in [0.05, 0.1) is 16.3 Å². The standard InChI is InChI=1S/C33H27FN6O3S/c1-5-27(41)36-14-20-6-8-23(18(2)12-20)30-28(21-7-9-26(25(34)13-21)43-33-35-11-10-19(3)39-33)29-31(44-30)24(16-37-32(29)42)22-15-38-40(4)17-22/h5-13,15-17H,1,14H2,2-4H3,(H,36,41)(H,37,42). The Kier molecular flexibility index (Phi) is 7.62. The first-order valence-electron chi connectivity index (χ1n) is 13.7. The maximum Gasteiger partial charge on any atom is 0.322 e. The second kappa shape index (κ2) is 11.7. The predicted octanol–water partition coefficient (Wildman–Crippen LogP) is 6.46. The Morgan fingerprint density at radius 1 is 1.16 bits per heavy atom. The molecule has 44 heavy (non-hydrogen) atoms. The molecule has 0 fully saturated rings. The number of halogens is 1. The van der Waals surface area contributed by atoms with Crippen LogP contribution in [-0.2, 0) is 18.4 Å². The molecule has 0 aliphatic rings. The summed E-state index contributed by atoms with van der Waals surface area (Å²) in [7, 11) is 1.83. The number of hydrogen-bond acceptors (Lipinski definition) is 7. The van der Waals surface area contributed by atoms with Gasteiger partial charge in [0.15, 0.2) is 11.6 Å². The summed E-state index contributed by atoms with van der Waals surface area (Å²) in [5, 5.41) is 7.55. The number of ether oxygens (including phenoxy) is 1. The van der Waals surface area contributed by atoms with Crippen LogP contribution >= 0.6 is 11.3 Å². The van der Waals surface area contributed by atoms with Crippen LogP contribution < -0.4 is 15.6 Å². The molecule has 2 N–H and O–H groups in total. The SMILES string of the molecule is C=CC(=O)NCc1ccc(-c2sc3c(-c4cnn(C)c4)c[nH]c(=O)c3c2-c2ccc(Oc3nccc(C)n3)c(F)c2)c(C)c1. The summed E-state index contributed by atoms with van der Waals surface area (Å²) < 4.78 is 23.7. The van der Waals surface area contributed by atoms with E-state index in [9.17, 15) is 9.59 Å². The Morgan fingerprint density at radius 3 is 2.70 bits per heavy atom. The fourth-order valence-electron chi connectivity index (χ4n) is 5.02. The number of thiophene rings is 1. The van der Waals surface area contributed by atoms with Gasteiger partial charge in [-0.3, -0.25) is 14.3 Å². The molecule has 0 aliphatic heterocycles. The van der Waals surface area contributed by atoms with Crippen LogP contribution in [0.25, 0.3) is 42.8 Å². The lowest BCUT2D eigenvalue weighted by Gasteiger charge is -2.12. The van der Waals surface area contributed by atoms with Crippen molar-refractivity contribution in [3.05, 3.63) is 113 Å². The van der Waals surface area contributed by atoms with Crippen molar-refractivity contribution in [1.82, 2.24) is 30.0 Å². The van der Waals surface area contributed by atoms with Crippen molar-refractivity contribution in [3.63, 3.8) is 0 Å². The molecule has 0 radical (unpaired) electrons. The average molecular weight is 607 g/mol. The van der Waals surface area contributed by atoms with Gasteiger partial charge in [-0.2, -0.15) is 5.10 Å². The second-order valence-electron chi connectivity index (χ2n) is 10.2. The van der Waals surface area contributed by atoms with Crippen molar-refractivity contribution in [1.29, 1.82) is 0 Å². The average Bonchev–Trinajstić information content (AvgIpc) is 3.62. The van der Waals surface area contributed by atoms with E-state index in [2.05, 4.69) is 31.9 Å². The van der Waals surface area contributed by atoms with Crippen LogP contribution in [0.15, 0.2) is 84.7 Å². The van der Waals surface area contributed by atoms with E-state index in [4.69, 9.17) is 4.74 Å². The first kappa shape index (κ1) is 28.7. The molecule has 0 aliphatic carbocycles. The molecule has 1 amide bonds. The minimum Gasteiger partial charge on any atom is -0.421 e. The van der Waals surface area contributed by atoms with Gasteiger partial charge in [-0.15, -0.1) is 11.3 Å². The molecule has 0 saturated heterocycles. The molecule has 4 heterocycles. The van der Waals surface area contributed by atoms with E-state index in [1.54, 1.807) is 42.3 Å². The summed E-state index contributed by atoms with van der Waals surface area (Å²) >= 11 is 1.46. The number of amides is 1. The summed E-state index contributed by atoms with van der Waals surface area (Å²) in [4.78, 5) is 37.1. The van der Waals surface area contributed by atoms with E-state index in [0.29, 0.717) is 28.8 Å². The van der Waals surface area contributed by atoms with Crippen LogP contribution in [-0.4, -0.2) is 30.6 Å². The summed E-state index contributed by atoms with van der Waals surface area (Å²) in [5.41, 5.74) is 5.88. The van der Waals surface area contributed by atoms with Crippen molar-refractivity contribution in [2.75, 3.05) is 0 Å². The van der Waals surface area contributed by atoms with Crippen LogP contribution in [0.2, 0.25) is 0 Å². The van der Waals surface area contributed by atoms with E-state index in [1.165, 1.54) is 29.5 Å². The van der Waals surface area contributed by atoms with Gasteiger partial charge in [0.1, 0.15) is 0 Å². The van der Waals surface area contributed by atoms with Gasteiger partial charge in [0.25, 0.3) is 5.56 Å². The maximum absolute atomic E-state index is 15.6. The zero-order chi connectivity index (χ0) is 31.0. The third-order valence-electron chi connectivity index (χ3n) is 7.13. The maximum atomic E-state index is 15.6. The second-order valence-corrected chi connectivity index (χ2v) is 11.3. The summed E-state index contributed by atoms with van der Waals surface area (Å²) in [6.45, 7) is 7.59. The normalized spacial score (nSPS) is 11.1. The number of nitrogens with zero attached hydrogens (tertiary/aromatic N) is 4. The molecule has 220 valence electrons. The number of fused-ring (bicyclic) bond motifs is 1. The number of rotatable bonds is 8. The van der Waals surface area contributed by atoms with E-state index in [1.807, 2.05) is 38.4 Å².